The molecule has 8 heteroatoms. The van der Waals surface area contributed by atoms with Crippen LogP contribution in [-0.2, 0) is 4.79 Å². The Bertz CT molecular complexity index is 1230. The topological polar surface area (TPSA) is 65.4 Å². The van der Waals surface area contributed by atoms with Gasteiger partial charge in [-0.05, 0) is 49.2 Å². The van der Waals surface area contributed by atoms with Gasteiger partial charge in [-0.15, -0.1) is 18.2 Å². The van der Waals surface area contributed by atoms with Gasteiger partial charge in [-0.1, -0.05) is 29.7 Å². The minimum absolute atomic E-state index is 0.0842. The van der Waals surface area contributed by atoms with Gasteiger partial charge < -0.3 is 14.8 Å². The van der Waals surface area contributed by atoms with Crippen molar-refractivity contribution in [2.45, 2.75) is 19.1 Å². The zero-order chi connectivity index (χ0) is 22.8. The molecule has 0 saturated carbocycles. The molecule has 0 radical (unpaired) electrons. The lowest BCUT2D eigenvalue weighted by atomic mass is 10.0. The van der Waals surface area contributed by atoms with Crippen LogP contribution >= 0.6 is 23.4 Å². The van der Waals surface area contributed by atoms with Crippen LogP contribution < -0.4 is 14.8 Å². The van der Waals surface area contributed by atoms with Crippen molar-refractivity contribution in [1.82, 2.24) is 9.78 Å². The van der Waals surface area contributed by atoms with Crippen molar-refractivity contribution < 1.29 is 14.3 Å². The molecule has 1 atom stereocenters. The van der Waals surface area contributed by atoms with Crippen LogP contribution in [0.4, 0.5) is 5.82 Å². The summed E-state index contributed by atoms with van der Waals surface area (Å²) in [4.78, 5) is 12.6. The second-order valence-corrected chi connectivity index (χ2v) is 8.84. The lowest BCUT2D eigenvalue weighted by Crippen LogP contribution is -2.15. The van der Waals surface area contributed by atoms with Gasteiger partial charge in [0.05, 0.1) is 29.5 Å². The second kappa shape index (κ2) is 9.19. The van der Waals surface area contributed by atoms with Crippen LogP contribution in [0.25, 0.3) is 5.69 Å². The molecule has 0 aliphatic carbocycles. The molecule has 3 aromatic rings. The number of anilines is 1. The highest BCUT2D eigenvalue weighted by Gasteiger charge is 2.31. The van der Waals surface area contributed by atoms with Crippen molar-refractivity contribution in [3.63, 3.8) is 0 Å². The lowest BCUT2D eigenvalue weighted by molar-refractivity contribution is -0.113. The summed E-state index contributed by atoms with van der Waals surface area (Å²) in [6.45, 7) is 4.04. The van der Waals surface area contributed by atoms with Crippen molar-refractivity contribution in [1.29, 1.82) is 0 Å². The van der Waals surface area contributed by atoms with Gasteiger partial charge in [-0.3, -0.25) is 4.79 Å². The number of terminal acetylenes is 1. The zero-order valence-electron chi connectivity index (χ0n) is 17.9. The van der Waals surface area contributed by atoms with Crippen molar-refractivity contribution in [3.8, 4) is 29.5 Å². The number of carbonyl (C=O) groups is 1. The van der Waals surface area contributed by atoms with Crippen molar-refractivity contribution in [2.75, 3.05) is 24.8 Å². The molecule has 1 aromatic heterocycles. The molecule has 1 N–H and O–H groups in total. The average Bonchev–Trinajstić information content (AvgIpc) is 2.99. The molecular weight excluding hydrogens is 446 g/mol. The number of thioether (sulfide) groups is 1. The van der Waals surface area contributed by atoms with Crippen LogP contribution in [0.5, 0.6) is 11.5 Å². The first-order valence-corrected chi connectivity index (χ1v) is 11.4. The van der Waals surface area contributed by atoms with Gasteiger partial charge in [0, 0.05) is 10.6 Å². The summed E-state index contributed by atoms with van der Waals surface area (Å²) in [6.07, 6.45) is 5.31. The number of amides is 1. The third-order valence-electron chi connectivity index (χ3n) is 5.21. The fourth-order valence-corrected chi connectivity index (χ4v) is 4.99. The highest BCUT2D eigenvalue weighted by molar-refractivity contribution is 8.00. The van der Waals surface area contributed by atoms with Gasteiger partial charge in [0.25, 0.3) is 0 Å². The number of hydrogen-bond donors (Lipinski definition) is 1. The number of nitrogens with zero attached hydrogens (tertiary/aromatic N) is 2. The summed E-state index contributed by atoms with van der Waals surface area (Å²) in [6, 6.07) is 11.4. The van der Waals surface area contributed by atoms with Gasteiger partial charge in [0.2, 0.25) is 5.91 Å². The predicted molar refractivity (Wildman–Crippen MR) is 128 cm³/mol. The van der Waals surface area contributed by atoms with Crippen LogP contribution in [0.3, 0.4) is 0 Å². The van der Waals surface area contributed by atoms with Crippen LogP contribution in [0, 0.1) is 26.2 Å². The van der Waals surface area contributed by atoms with Gasteiger partial charge in [-0.2, -0.15) is 5.10 Å². The fourth-order valence-electron chi connectivity index (χ4n) is 3.63. The zero-order valence-corrected chi connectivity index (χ0v) is 19.5. The number of rotatable bonds is 5. The molecule has 6 nitrogen and oxygen atoms in total. The summed E-state index contributed by atoms with van der Waals surface area (Å²) < 4.78 is 12.8. The normalized spacial score (nSPS) is 15.3. The molecule has 0 fully saturated rings. The third kappa shape index (κ3) is 4.16. The Kier molecular flexibility index (Phi) is 6.35. The van der Waals surface area contributed by atoms with Crippen LogP contribution in [0.1, 0.15) is 27.6 Å². The first-order chi connectivity index (χ1) is 15.4. The molecule has 0 saturated heterocycles. The minimum Gasteiger partial charge on any atom is -0.493 e. The highest BCUT2D eigenvalue weighted by Crippen LogP contribution is 2.45. The lowest BCUT2D eigenvalue weighted by Gasteiger charge is -2.18. The van der Waals surface area contributed by atoms with Crippen LogP contribution in [0.15, 0.2) is 36.4 Å². The summed E-state index contributed by atoms with van der Waals surface area (Å²) in [7, 11) is 1.59. The maximum atomic E-state index is 12.6. The van der Waals surface area contributed by atoms with E-state index in [0.29, 0.717) is 28.1 Å². The molecule has 32 heavy (non-hydrogen) atoms. The number of halogens is 1. The largest absolute Gasteiger partial charge is 0.493 e. The number of fused-ring (bicyclic) bond motifs is 1. The monoisotopic (exact) mass is 467 g/mol. The van der Waals surface area contributed by atoms with Gasteiger partial charge in [0.1, 0.15) is 12.4 Å². The molecule has 1 aliphatic rings. The SMILES string of the molecule is C#CCOc1ccc(C2SCC(=O)Nc3c2c(C)nn3-c2ccc(C)c(Cl)c2)cc1OC. The molecule has 1 unspecified atom stereocenters. The number of aromatic nitrogens is 2. The van der Waals surface area contributed by atoms with Crippen molar-refractivity contribution in [2.24, 2.45) is 0 Å². The molecule has 2 heterocycles. The van der Waals surface area contributed by atoms with Crippen LogP contribution in [-0.4, -0.2) is 35.2 Å². The van der Waals surface area contributed by atoms with E-state index in [9.17, 15) is 4.79 Å². The molecular formula is C24H22ClN3O3S. The van der Waals surface area contributed by atoms with Gasteiger partial charge in [0.15, 0.2) is 11.5 Å². The third-order valence-corrected chi connectivity index (χ3v) is 6.89. The van der Waals surface area contributed by atoms with Gasteiger partial charge >= 0.3 is 0 Å². The Labute approximate surface area is 196 Å². The number of aryl methyl sites for hydroxylation is 2. The number of methoxy groups -OCH3 is 1. The van der Waals surface area contributed by atoms with Crippen molar-refractivity contribution >= 4 is 35.1 Å². The Morgan fingerprint density at radius 2 is 2.09 bits per heavy atom. The molecule has 0 spiro atoms. The smallest absolute Gasteiger partial charge is 0.235 e. The number of ether oxygens (including phenoxy) is 2. The standard InChI is InChI=1S/C24H22ClN3O3S/c1-5-10-31-19-9-7-16(11-20(19)30-4)23-22-15(3)27-28(24(22)26-21(29)13-32-23)17-8-6-14(2)18(25)12-17/h1,6-9,11-12,23H,10,13H2,2-4H3,(H,26,29). The number of hydrogen-bond acceptors (Lipinski definition) is 5. The van der Waals surface area contributed by atoms with E-state index in [2.05, 4.69) is 11.2 Å². The summed E-state index contributed by atoms with van der Waals surface area (Å²) in [5.41, 5.74) is 4.50. The Morgan fingerprint density at radius 1 is 1.28 bits per heavy atom. The molecule has 1 aliphatic heterocycles. The average molecular weight is 468 g/mol. The molecule has 0 bridgehead atoms. The highest BCUT2D eigenvalue weighted by atomic mass is 35.5. The quantitative estimate of drug-likeness (QED) is 0.538. The summed E-state index contributed by atoms with van der Waals surface area (Å²) >= 11 is 7.89. The summed E-state index contributed by atoms with van der Waals surface area (Å²) in [5, 5.41) is 8.28. The molecule has 164 valence electrons. The van der Waals surface area contributed by atoms with E-state index in [-0.39, 0.29) is 17.8 Å². The Balaban J connectivity index is 1.82. The molecule has 1 amide bonds. The maximum absolute atomic E-state index is 12.6. The maximum Gasteiger partial charge on any atom is 0.235 e. The first kappa shape index (κ1) is 22.1. The van der Waals surface area contributed by atoms with E-state index in [1.165, 1.54) is 11.8 Å². The van der Waals surface area contributed by atoms with E-state index >= 15 is 0 Å². The predicted octanol–water partition coefficient (Wildman–Crippen LogP) is 4.94. The van der Waals surface area contributed by atoms with E-state index < -0.39 is 0 Å². The number of benzene rings is 2. The van der Waals surface area contributed by atoms with E-state index in [0.717, 1.165) is 28.1 Å². The molecule has 4 rings (SSSR count). The second-order valence-electron chi connectivity index (χ2n) is 7.34. The van der Waals surface area contributed by atoms with E-state index in [1.807, 2.05) is 50.2 Å². The Hall–Kier alpha value is -3.08. The van der Waals surface area contributed by atoms with Crippen LogP contribution in [0.2, 0.25) is 5.02 Å². The Morgan fingerprint density at radius 3 is 2.81 bits per heavy atom. The van der Waals surface area contributed by atoms with E-state index in [1.54, 1.807) is 11.8 Å². The minimum atomic E-state index is -0.130. The fraction of sp³-hybridized carbons (Fsp3) is 0.250. The number of nitrogens with one attached hydrogen (secondary N) is 1. The van der Waals surface area contributed by atoms with E-state index in [4.69, 9.17) is 32.6 Å². The molecule has 2 aromatic carbocycles. The first-order valence-electron chi connectivity index (χ1n) is 9.94. The van der Waals surface area contributed by atoms with Crippen molar-refractivity contribution in [3.05, 3.63) is 63.8 Å². The van der Waals surface area contributed by atoms with Gasteiger partial charge in [-0.25, -0.2) is 4.68 Å². The summed E-state index contributed by atoms with van der Waals surface area (Å²) in [5.74, 6) is 4.49. The number of carbonyl (C=O) groups excluding carboxylic acids is 1.